The van der Waals surface area contributed by atoms with Crippen molar-refractivity contribution in [2.75, 3.05) is 32.8 Å². The van der Waals surface area contributed by atoms with Crippen LogP contribution in [0, 0.1) is 0 Å². The van der Waals surface area contributed by atoms with Crippen LogP contribution < -0.4 is 5.32 Å². The molecule has 1 amide bonds. The van der Waals surface area contributed by atoms with Gasteiger partial charge in [0.25, 0.3) is 5.91 Å². The molecule has 0 radical (unpaired) electrons. The number of carbonyl (C=O) groups excluding carboxylic acids is 1. The third kappa shape index (κ3) is 4.11. The molecule has 2 heterocycles. The van der Waals surface area contributed by atoms with Crippen LogP contribution in [0.3, 0.4) is 0 Å². The minimum Gasteiger partial charge on any atom is -0.379 e. The van der Waals surface area contributed by atoms with Crippen molar-refractivity contribution < 1.29 is 9.53 Å². The van der Waals surface area contributed by atoms with Gasteiger partial charge in [0.05, 0.1) is 30.0 Å². The van der Waals surface area contributed by atoms with Gasteiger partial charge in [-0.25, -0.2) is 9.97 Å². The Labute approximate surface area is 144 Å². The predicted octanol–water partition coefficient (Wildman–Crippen LogP) is 1.80. The molecular weight excluding hydrogens is 304 g/mol. The minimum atomic E-state index is -0.117. The maximum atomic E-state index is 12.9. The fraction of sp³-hybridized carbons (Fsp3) is 0.722. The van der Waals surface area contributed by atoms with E-state index in [2.05, 4.69) is 27.1 Å². The summed E-state index contributed by atoms with van der Waals surface area (Å²) >= 11 is 0. The standard InChI is InChI=1S/C18H28N4O2/c1-2-5-16-15(12-19-14-20-16)17(23)21-18(6-3-4-7-18)13-22-8-10-24-11-9-22/h12,14H,2-11,13H2,1H3,(H,21,23). The highest BCUT2D eigenvalue weighted by Gasteiger charge is 2.37. The molecule has 0 unspecified atom stereocenters. The van der Waals surface area contributed by atoms with E-state index in [-0.39, 0.29) is 11.4 Å². The lowest BCUT2D eigenvalue weighted by Crippen LogP contribution is -2.55. The summed E-state index contributed by atoms with van der Waals surface area (Å²) in [4.78, 5) is 23.7. The van der Waals surface area contributed by atoms with Crippen LogP contribution in [0.5, 0.6) is 0 Å². The molecule has 2 aliphatic rings. The summed E-state index contributed by atoms with van der Waals surface area (Å²) in [5, 5.41) is 3.35. The molecule has 0 atom stereocenters. The third-order valence-corrected chi connectivity index (χ3v) is 5.10. The number of aromatic nitrogens is 2. The molecule has 1 aliphatic carbocycles. The number of morpholine rings is 1. The Balaban J connectivity index is 1.72. The van der Waals surface area contributed by atoms with Crippen molar-refractivity contribution in [3.8, 4) is 0 Å². The van der Waals surface area contributed by atoms with Crippen LogP contribution in [0.2, 0.25) is 0 Å². The van der Waals surface area contributed by atoms with Crippen molar-refractivity contribution in [1.29, 1.82) is 0 Å². The van der Waals surface area contributed by atoms with Gasteiger partial charge in [0.2, 0.25) is 0 Å². The summed E-state index contributed by atoms with van der Waals surface area (Å²) < 4.78 is 5.44. The summed E-state index contributed by atoms with van der Waals surface area (Å²) in [7, 11) is 0. The van der Waals surface area contributed by atoms with Crippen LogP contribution in [0.15, 0.2) is 12.5 Å². The van der Waals surface area contributed by atoms with Crippen molar-refractivity contribution in [3.63, 3.8) is 0 Å². The number of ether oxygens (including phenoxy) is 1. The number of aryl methyl sites for hydroxylation is 1. The Morgan fingerprint density at radius 3 is 2.79 bits per heavy atom. The maximum absolute atomic E-state index is 12.9. The van der Waals surface area contributed by atoms with Crippen molar-refractivity contribution in [2.45, 2.75) is 51.0 Å². The quantitative estimate of drug-likeness (QED) is 0.860. The van der Waals surface area contributed by atoms with Gasteiger partial charge >= 0.3 is 0 Å². The summed E-state index contributed by atoms with van der Waals surface area (Å²) in [5.74, 6) is -0.0193. The molecule has 6 nitrogen and oxygen atoms in total. The molecule has 1 aliphatic heterocycles. The molecule has 3 rings (SSSR count). The highest BCUT2D eigenvalue weighted by atomic mass is 16.5. The van der Waals surface area contributed by atoms with E-state index in [4.69, 9.17) is 4.74 Å². The van der Waals surface area contributed by atoms with E-state index in [1.165, 1.54) is 19.2 Å². The van der Waals surface area contributed by atoms with Gasteiger partial charge in [-0.2, -0.15) is 0 Å². The Kier molecular flexibility index (Phi) is 5.79. The summed E-state index contributed by atoms with van der Waals surface area (Å²) in [6, 6.07) is 0. The number of nitrogens with one attached hydrogen (secondary N) is 1. The average molecular weight is 332 g/mol. The lowest BCUT2D eigenvalue weighted by atomic mass is 9.95. The SMILES string of the molecule is CCCc1ncncc1C(=O)NC1(CN2CCOCC2)CCCC1. The zero-order valence-electron chi connectivity index (χ0n) is 14.6. The molecule has 2 fully saturated rings. The van der Waals surface area contributed by atoms with Crippen LogP contribution in [0.1, 0.15) is 55.1 Å². The molecular formula is C18H28N4O2. The van der Waals surface area contributed by atoms with Gasteiger partial charge in [0.15, 0.2) is 0 Å². The Morgan fingerprint density at radius 2 is 2.08 bits per heavy atom. The number of hydrogen-bond donors (Lipinski definition) is 1. The molecule has 1 N–H and O–H groups in total. The van der Waals surface area contributed by atoms with Crippen molar-refractivity contribution >= 4 is 5.91 Å². The number of amides is 1. The van der Waals surface area contributed by atoms with Gasteiger partial charge in [-0.3, -0.25) is 9.69 Å². The number of rotatable bonds is 6. The van der Waals surface area contributed by atoms with Gasteiger partial charge in [-0.05, 0) is 19.3 Å². The smallest absolute Gasteiger partial charge is 0.255 e. The van der Waals surface area contributed by atoms with Crippen LogP contribution in [-0.2, 0) is 11.2 Å². The molecule has 0 aromatic carbocycles. The molecule has 1 aromatic rings. The first-order chi connectivity index (χ1) is 11.7. The van der Waals surface area contributed by atoms with Crippen LogP contribution >= 0.6 is 0 Å². The first-order valence-corrected chi connectivity index (χ1v) is 9.14. The predicted molar refractivity (Wildman–Crippen MR) is 92.0 cm³/mol. The highest BCUT2D eigenvalue weighted by Crippen LogP contribution is 2.31. The van der Waals surface area contributed by atoms with E-state index >= 15 is 0 Å². The molecule has 1 aromatic heterocycles. The summed E-state index contributed by atoms with van der Waals surface area (Å²) in [6.45, 7) is 6.49. The molecule has 1 saturated heterocycles. The first kappa shape index (κ1) is 17.3. The zero-order chi connectivity index (χ0) is 16.8. The fourth-order valence-electron chi connectivity index (χ4n) is 3.85. The van der Waals surface area contributed by atoms with Crippen LogP contribution in [0.25, 0.3) is 0 Å². The maximum Gasteiger partial charge on any atom is 0.255 e. The lowest BCUT2D eigenvalue weighted by molar-refractivity contribution is 0.0238. The topological polar surface area (TPSA) is 67.4 Å². The van der Waals surface area contributed by atoms with E-state index in [1.807, 2.05) is 0 Å². The highest BCUT2D eigenvalue weighted by molar-refractivity contribution is 5.95. The number of carbonyl (C=O) groups is 1. The third-order valence-electron chi connectivity index (χ3n) is 5.10. The van der Waals surface area contributed by atoms with Gasteiger partial charge < -0.3 is 10.1 Å². The first-order valence-electron chi connectivity index (χ1n) is 9.14. The monoisotopic (exact) mass is 332 g/mol. The largest absolute Gasteiger partial charge is 0.379 e. The van der Waals surface area contributed by atoms with E-state index in [0.29, 0.717) is 5.56 Å². The lowest BCUT2D eigenvalue weighted by Gasteiger charge is -2.37. The van der Waals surface area contributed by atoms with Crippen molar-refractivity contribution in [1.82, 2.24) is 20.2 Å². The molecule has 0 spiro atoms. The Bertz CT molecular complexity index is 552. The van der Waals surface area contributed by atoms with Gasteiger partial charge in [-0.1, -0.05) is 26.2 Å². The molecule has 24 heavy (non-hydrogen) atoms. The second-order valence-electron chi connectivity index (χ2n) is 6.96. The van der Waals surface area contributed by atoms with Crippen molar-refractivity contribution in [2.24, 2.45) is 0 Å². The molecule has 1 saturated carbocycles. The normalized spacial score (nSPS) is 20.9. The van der Waals surface area contributed by atoms with E-state index < -0.39 is 0 Å². The van der Waals surface area contributed by atoms with Crippen LogP contribution in [0.4, 0.5) is 0 Å². The van der Waals surface area contributed by atoms with Crippen molar-refractivity contribution in [3.05, 3.63) is 23.8 Å². The van der Waals surface area contributed by atoms with Crippen LogP contribution in [-0.4, -0.2) is 59.2 Å². The van der Waals surface area contributed by atoms with Gasteiger partial charge in [0.1, 0.15) is 6.33 Å². The zero-order valence-corrected chi connectivity index (χ0v) is 14.6. The van der Waals surface area contributed by atoms with E-state index in [9.17, 15) is 4.79 Å². The van der Waals surface area contributed by atoms with E-state index in [1.54, 1.807) is 6.20 Å². The second-order valence-corrected chi connectivity index (χ2v) is 6.96. The van der Waals surface area contributed by atoms with Gasteiger partial charge in [-0.15, -0.1) is 0 Å². The Morgan fingerprint density at radius 1 is 1.33 bits per heavy atom. The fourth-order valence-corrected chi connectivity index (χ4v) is 3.85. The summed E-state index contributed by atoms with van der Waals surface area (Å²) in [6.07, 6.45) is 9.42. The number of nitrogens with zero attached hydrogens (tertiary/aromatic N) is 3. The molecule has 6 heteroatoms. The second kappa shape index (κ2) is 8.03. The Hall–Kier alpha value is -1.53. The summed E-state index contributed by atoms with van der Waals surface area (Å²) in [5.41, 5.74) is 1.37. The average Bonchev–Trinajstić information content (AvgIpc) is 3.04. The van der Waals surface area contributed by atoms with E-state index in [0.717, 1.165) is 64.2 Å². The molecule has 0 bridgehead atoms. The van der Waals surface area contributed by atoms with Gasteiger partial charge in [0, 0.05) is 25.8 Å². The molecule has 132 valence electrons. The number of hydrogen-bond acceptors (Lipinski definition) is 5. The minimum absolute atomic E-state index is 0.0193.